The number of hydrogen-bond acceptors (Lipinski definition) is 3. The molecule has 0 atom stereocenters. The molecule has 0 heterocycles. The highest BCUT2D eigenvalue weighted by molar-refractivity contribution is 7.97. The second-order valence-corrected chi connectivity index (χ2v) is 3.23. The zero-order chi connectivity index (χ0) is 8.97. The number of nitro groups is 1. The second-order valence-electron chi connectivity index (χ2n) is 2.36. The second kappa shape index (κ2) is 4.11. The molecule has 0 bridgehead atoms. The molecule has 0 unspecified atom stereocenters. The number of non-ortho nitro benzene ring substituents is 1. The Balaban J connectivity index is 2.88. The van der Waals surface area contributed by atoms with Crippen molar-refractivity contribution in [3.63, 3.8) is 0 Å². The summed E-state index contributed by atoms with van der Waals surface area (Å²) in [5.74, 6) is 0.821. The van der Waals surface area contributed by atoms with Crippen molar-refractivity contribution >= 4 is 17.4 Å². The third-order valence-corrected chi connectivity index (χ3v) is 2.05. The Kier molecular flexibility index (Phi) is 3.10. The maximum absolute atomic E-state index is 10.4. The quantitative estimate of drug-likeness (QED) is 0.534. The molecule has 3 nitrogen and oxygen atoms in total. The maximum Gasteiger partial charge on any atom is 0.269 e. The molecule has 0 amide bonds. The largest absolute Gasteiger partial charge is 0.269 e. The van der Waals surface area contributed by atoms with Crippen LogP contribution in [0.2, 0.25) is 0 Å². The minimum absolute atomic E-state index is 0.168. The van der Waals surface area contributed by atoms with Gasteiger partial charge >= 0.3 is 0 Å². The number of benzene rings is 1. The lowest BCUT2D eigenvalue weighted by molar-refractivity contribution is -0.384. The van der Waals surface area contributed by atoms with Crippen LogP contribution in [0.15, 0.2) is 24.3 Å². The first-order valence-electron chi connectivity index (χ1n) is 3.46. The molecule has 4 heteroatoms. The fourth-order valence-electron chi connectivity index (χ4n) is 0.926. The molecule has 1 aromatic carbocycles. The SMILES string of the molecule is CSCc1cccc([N+](=O)[O-])c1. The van der Waals surface area contributed by atoms with E-state index in [2.05, 4.69) is 0 Å². The Morgan fingerprint density at radius 2 is 2.33 bits per heavy atom. The van der Waals surface area contributed by atoms with Crippen molar-refractivity contribution in [1.29, 1.82) is 0 Å². The summed E-state index contributed by atoms with van der Waals surface area (Å²) in [6.07, 6.45) is 1.97. The number of thioether (sulfide) groups is 1. The zero-order valence-electron chi connectivity index (χ0n) is 6.69. The van der Waals surface area contributed by atoms with Gasteiger partial charge < -0.3 is 0 Å². The van der Waals surface area contributed by atoms with E-state index in [-0.39, 0.29) is 10.6 Å². The average molecular weight is 183 g/mol. The van der Waals surface area contributed by atoms with Crippen LogP contribution in [0.25, 0.3) is 0 Å². The highest BCUT2D eigenvalue weighted by Crippen LogP contribution is 2.16. The van der Waals surface area contributed by atoms with Gasteiger partial charge in [-0.1, -0.05) is 12.1 Å². The summed E-state index contributed by atoms with van der Waals surface area (Å²) in [6, 6.07) is 6.72. The van der Waals surface area contributed by atoms with Crippen molar-refractivity contribution in [3.8, 4) is 0 Å². The smallest absolute Gasteiger partial charge is 0.258 e. The maximum atomic E-state index is 10.4. The standard InChI is InChI=1S/C8H9NO2S/c1-12-6-7-3-2-4-8(5-7)9(10)11/h2-5H,6H2,1H3. The van der Waals surface area contributed by atoms with E-state index in [1.165, 1.54) is 6.07 Å². The van der Waals surface area contributed by atoms with Crippen molar-refractivity contribution in [1.82, 2.24) is 0 Å². The number of hydrogen-bond donors (Lipinski definition) is 0. The summed E-state index contributed by atoms with van der Waals surface area (Å²) < 4.78 is 0. The van der Waals surface area contributed by atoms with Gasteiger partial charge in [0.05, 0.1) is 4.92 Å². The van der Waals surface area contributed by atoms with E-state index in [9.17, 15) is 10.1 Å². The lowest BCUT2D eigenvalue weighted by atomic mass is 10.2. The molecule has 12 heavy (non-hydrogen) atoms. The van der Waals surface area contributed by atoms with Crippen molar-refractivity contribution in [2.45, 2.75) is 5.75 Å². The van der Waals surface area contributed by atoms with Gasteiger partial charge in [-0.3, -0.25) is 10.1 Å². The molecular formula is C8H9NO2S. The summed E-state index contributed by atoms with van der Waals surface area (Å²) in [6.45, 7) is 0. The van der Waals surface area contributed by atoms with Gasteiger partial charge in [-0.05, 0) is 11.8 Å². The van der Waals surface area contributed by atoms with Crippen LogP contribution in [0.4, 0.5) is 5.69 Å². The summed E-state index contributed by atoms with van der Waals surface area (Å²) in [5.41, 5.74) is 1.17. The summed E-state index contributed by atoms with van der Waals surface area (Å²) >= 11 is 1.65. The van der Waals surface area contributed by atoms with Gasteiger partial charge in [0.2, 0.25) is 0 Å². The molecule has 1 rings (SSSR count). The summed E-state index contributed by atoms with van der Waals surface area (Å²) in [5, 5.41) is 10.4. The van der Waals surface area contributed by atoms with E-state index in [1.54, 1.807) is 23.9 Å². The first-order valence-corrected chi connectivity index (χ1v) is 4.85. The van der Waals surface area contributed by atoms with Gasteiger partial charge in [-0.15, -0.1) is 0 Å². The van der Waals surface area contributed by atoms with Gasteiger partial charge in [0.1, 0.15) is 0 Å². The third-order valence-electron chi connectivity index (χ3n) is 1.43. The zero-order valence-corrected chi connectivity index (χ0v) is 7.50. The summed E-state index contributed by atoms with van der Waals surface area (Å²) in [4.78, 5) is 9.98. The number of nitro benzene ring substituents is 1. The van der Waals surface area contributed by atoms with Crippen molar-refractivity contribution in [3.05, 3.63) is 39.9 Å². The molecule has 0 aliphatic heterocycles. The van der Waals surface area contributed by atoms with Crippen LogP contribution in [-0.2, 0) is 5.75 Å². The Morgan fingerprint density at radius 3 is 2.92 bits per heavy atom. The fraction of sp³-hybridized carbons (Fsp3) is 0.250. The van der Waals surface area contributed by atoms with Crippen LogP contribution in [-0.4, -0.2) is 11.2 Å². The normalized spacial score (nSPS) is 9.75. The molecule has 0 aliphatic carbocycles. The van der Waals surface area contributed by atoms with Crippen LogP contribution in [0.1, 0.15) is 5.56 Å². The Hall–Kier alpha value is -1.03. The average Bonchev–Trinajstić information content (AvgIpc) is 2.05. The summed E-state index contributed by atoms with van der Waals surface area (Å²) in [7, 11) is 0. The Morgan fingerprint density at radius 1 is 1.58 bits per heavy atom. The van der Waals surface area contributed by atoms with Gasteiger partial charge in [0, 0.05) is 17.9 Å². The van der Waals surface area contributed by atoms with E-state index in [4.69, 9.17) is 0 Å². The van der Waals surface area contributed by atoms with Crippen LogP contribution >= 0.6 is 11.8 Å². The molecule has 64 valence electrons. The van der Waals surface area contributed by atoms with E-state index >= 15 is 0 Å². The lowest BCUT2D eigenvalue weighted by Crippen LogP contribution is -1.88. The number of rotatable bonds is 3. The molecule has 1 aromatic rings. The highest BCUT2D eigenvalue weighted by atomic mass is 32.2. The van der Waals surface area contributed by atoms with Gasteiger partial charge in [-0.2, -0.15) is 11.8 Å². The van der Waals surface area contributed by atoms with Gasteiger partial charge in [-0.25, -0.2) is 0 Å². The minimum atomic E-state index is -0.371. The first-order chi connectivity index (χ1) is 5.74. The first kappa shape index (κ1) is 9.06. The topological polar surface area (TPSA) is 43.1 Å². The third kappa shape index (κ3) is 2.23. The Labute approximate surface area is 74.9 Å². The van der Waals surface area contributed by atoms with Crippen LogP contribution in [0.3, 0.4) is 0 Å². The van der Waals surface area contributed by atoms with E-state index in [1.807, 2.05) is 12.3 Å². The van der Waals surface area contributed by atoms with Crippen molar-refractivity contribution < 1.29 is 4.92 Å². The lowest BCUT2D eigenvalue weighted by Gasteiger charge is -1.96. The number of nitrogens with zero attached hydrogens (tertiary/aromatic N) is 1. The molecule has 0 spiro atoms. The van der Waals surface area contributed by atoms with Crippen LogP contribution < -0.4 is 0 Å². The van der Waals surface area contributed by atoms with E-state index in [0.29, 0.717) is 0 Å². The molecule has 0 saturated carbocycles. The van der Waals surface area contributed by atoms with E-state index in [0.717, 1.165) is 11.3 Å². The molecule has 0 N–H and O–H groups in total. The fourth-order valence-corrected chi connectivity index (χ4v) is 1.44. The molecule has 0 fully saturated rings. The molecule has 0 aliphatic rings. The van der Waals surface area contributed by atoms with E-state index < -0.39 is 0 Å². The monoisotopic (exact) mass is 183 g/mol. The van der Waals surface area contributed by atoms with Crippen molar-refractivity contribution in [2.24, 2.45) is 0 Å². The van der Waals surface area contributed by atoms with Gasteiger partial charge in [0.25, 0.3) is 5.69 Å². The Bertz CT molecular complexity index is 288. The minimum Gasteiger partial charge on any atom is -0.258 e. The molecule has 0 saturated heterocycles. The molecular weight excluding hydrogens is 174 g/mol. The highest BCUT2D eigenvalue weighted by Gasteiger charge is 2.04. The molecule has 0 aromatic heterocycles. The van der Waals surface area contributed by atoms with Crippen LogP contribution in [0.5, 0.6) is 0 Å². The predicted molar refractivity (Wildman–Crippen MR) is 50.3 cm³/mol. The molecule has 0 radical (unpaired) electrons. The van der Waals surface area contributed by atoms with Gasteiger partial charge in [0.15, 0.2) is 0 Å². The van der Waals surface area contributed by atoms with Crippen LogP contribution in [0, 0.1) is 10.1 Å². The van der Waals surface area contributed by atoms with Crippen molar-refractivity contribution in [2.75, 3.05) is 6.26 Å². The predicted octanol–water partition coefficient (Wildman–Crippen LogP) is 2.46.